The molecule has 0 spiro atoms. The smallest absolute Gasteiger partial charge is 0.337 e. The lowest BCUT2D eigenvalue weighted by molar-refractivity contribution is -0.148. The van der Waals surface area contributed by atoms with Gasteiger partial charge >= 0.3 is 11.9 Å². The average molecular weight is 270 g/mol. The highest BCUT2D eigenvalue weighted by atomic mass is 16.5. The maximum Gasteiger partial charge on any atom is 0.337 e. The molecule has 0 N–H and O–H groups in total. The van der Waals surface area contributed by atoms with E-state index in [1.807, 2.05) is 27.7 Å². The molecule has 19 heavy (non-hydrogen) atoms. The molecule has 4 heteroatoms. The van der Waals surface area contributed by atoms with E-state index in [9.17, 15) is 9.59 Å². The molecule has 0 heterocycles. The molecule has 0 saturated heterocycles. The van der Waals surface area contributed by atoms with Crippen molar-refractivity contribution in [2.24, 2.45) is 5.92 Å². The first-order valence-corrected chi connectivity index (χ1v) is 7.09. The third-order valence-corrected chi connectivity index (χ3v) is 2.83. The van der Waals surface area contributed by atoms with Gasteiger partial charge in [0.05, 0.1) is 18.1 Å². The van der Waals surface area contributed by atoms with Gasteiger partial charge in [0.1, 0.15) is 6.61 Å². The van der Waals surface area contributed by atoms with Gasteiger partial charge < -0.3 is 9.47 Å². The Morgan fingerprint density at radius 2 is 1.84 bits per heavy atom. The standard InChI is InChI=1S/C15H26O4/c1-5-8-10-18-15(17)13(9-6-2)11-19-14(16)12(4)7-3/h9,12H,5-8,10-11H2,1-4H3. The largest absolute Gasteiger partial charge is 0.462 e. The number of esters is 2. The molecule has 110 valence electrons. The summed E-state index contributed by atoms with van der Waals surface area (Å²) in [7, 11) is 0. The van der Waals surface area contributed by atoms with Crippen LogP contribution in [0.3, 0.4) is 0 Å². The van der Waals surface area contributed by atoms with Crippen LogP contribution in [0.5, 0.6) is 0 Å². The summed E-state index contributed by atoms with van der Waals surface area (Å²) in [6.07, 6.45) is 5.00. The van der Waals surface area contributed by atoms with E-state index >= 15 is 0 Å². The van der Waals surface area contributed by atoms with Gasteiger partial charge in [-0.2, -0.15) is 0 Å². The van der Waals surface area contributed by atoms with Gasteiger partial charge in [-0.1, -0.05) is 40.2 Å². The van der Waals surface area contributed by atoms with E-state index in [0.29, 0.717) is 18.6 Å². The van der Waals surface area contributed by atoms with Crippen molar-refractivity contribution in [3.63, 3.8) is 0 Å². The molecular weight excluding hydrogens is 244 g/mol. The molecule has 0 saturated carbocycles. The number of carbonyl (C=O) groups excluding carboxylic acids is 2. The second-order valence-corrected chi connectivity index (χ2v) is 4.54. The molecule has 0 rings (SSSR count). The summed E-state index contributed by atoms with van der Waals surface area (Å²) in [5.41, 5.74) is 0.426. The molecule has 0 aromatic carbocycles. The fourth-order valence-electron chi connectivity index (χ4n) is 1.31. The van der Waals surface area contributed by atoms with Gasteiger partial charge in [-0.3, -0.25) is 4.79 Å². The highest BCUT2D eigenvalue weighted by Gasteiger charge is 2.16. The van der Waals surface area contributed by atoms with Gasteiger partial charge in [-0.05, 0) is 19.3 Å². The van der Waals surface area contributed by atoms with Crippen LogP contribution in [0.4, 0.5) is 0 Å². The molecule has 0 fully saturated rings. The molecule has 0 bridgehead atoms. The zero-order valence-electron chi connectivity index (χ0n) is 12.5. The van der Waals surface area contributed by atoms with E-state index in [1.54, 1.807) is 6.08 Å². The minimum absolute atomic E-state index is 0.00196. The monoisotopic (exact) mass is 270 g/mol. The van der Waals surface area contributed by atoms with Gasteiger partial charge in [-0.15, -0.1) is 0 Å². The molecule has 1 atom stereocenters. The third kappa shape index (κ3) is 7.65. The predicted octanol–water partition coefficient (Wildman–Crippen LogP) is 3.26. The zero-order chi connectivity index (χ0) is 14.7. The van der Waals surface area contributed by atoms with Crippen molar-refractivity contribution in [3.05, 3.63) is 11.6 Å². The van der Waals surface area contributed by atoms with Crippen molar-refractivity contribution < 1.29 is 19.1 Å². The van der Waals surface area contributed by atoms with Crippen molar-refractivity contribution >= 4 is 11.9 Å². The molecule has 0 aliphatic heterocycles. The minimum Gasteiger partial charge on any atom is -0.462 e. The third-order valence-electron chi connectivity index (χ3n) is 2.83. The number of carbonyl (C=O) groups is 2. The molecule has 0 aliphatic carbocycles. The van der Waals surface area contributed by atoms with Crippen molar-refractivity contribution in [3.8, 4) is 0 Å². The SMILES string of the molecule is CCC=C(COC(=O)C(C)CC)C(=O)OCCCC. The maximum absolute atomic E-state index is 11.8. The van der Waals surface area contributed by atoms with E-state index < -0.39 is 0 Å². The molecule has 0 radical (unpaired) electrons. The highest BCUT2D eigenvalue weighted by Crippen LogP contribution is 2.07. The highest BCUT2D eigenvalue weighted by molar-refractivity contribution is 5.89. The first-order chi connectivity index (χ1) is 9.06. The first-order valence-electron chi connectivity index (χ1n) is 7.09. The fraction of sp³-hybridized carbons (Fsp3) is 0.733. The summed E-state index contributed by atoms with van der Waals surface area (Å²) in [6, 6.07) is 0. The summed E-state index contributed by atoms with van der Waals surface area (Å²) in [6.45, 7) is 8.11. The van der Waals surface area contributed by atoms with Gasteiger partial charge in [-0.25, -0.2) is 4.79 Å². The van der Waals surface area contributed by atoms with Crippen molar-refractivity contribution in [2.45, 2.75) is 53.4 Å². The summed E-state index contributed by atoms with van der Waals surface area (Å²) in [5.74, 6) is -0.794. The summed E-state index contributed by atoms with van der Waals surface area (Å²) >= 11 is 0. The topological polar surface area (TPSA) is 52.6 Å². The molecule has 0 aliphatic rings. The number of hydrogen-bond acceptors (Lipinski definition) is 4. The number of hydrogen-bond donors (Lipinski definition) is 0. The van der Waals surface area contributed by atoms with E-state index in [1.165, 1.54) is 0 Å². The number of unbranched alkanes of at least 4 members (excludes halogenated alkanes) is 1. The van der Waals surface area contributed by atoms with Crippen LogP contribution in [-0.4, -0.2) is 25.2 Å². The van der Waals surface area contributed by atoms with Crippen LogP contribution >= 0.6 is 0 Å². The predicted molar refractivity (Wildman–Crippen MR) is 74.7 cm³/mol. The maximum atomic E-state index is 11.8. The zero-order valence-corrected chi connectivity index (χ0v) is 12.5. The van der Waals surface area contributed by atoms with Crippen LogP contribution in [0.25, 0.3) is 0 Å². The lowest BCUT2D eigenvalue weighted by atomic mass is 10.1. The molecule has 0 amide bonds. The Kier molecular flexibility index (Phi) is 9.85. The lowest BCUT2D eigenvalue weighted by Gasteiger charge is -2.11. The number of ether oxygens (including phenoxy) is 2. The lowest BCUT2D eigenvalue weighted by Crippen LogP contribution is -2.19. The van der Waals surface area contributed by atoms with Crippen LogP contribution in [-0.2, 0) is 19.1 Å². The Balaban J connectivity index is 4.30. The van der Waals surface area contributed by atoms with Crippen LogP contribution in [0, 0.1) is 5.92 Å². The van der Waals surface area contributed by atoms with Gasteiger partial charge in [0, 0.05) is 0 Å². The van der Waals surface area contributed by atoms with Gasteiger partial charge in [0.25, 0.3) is 0 Å². The summed E-state index contributed by atoms with van der Waals surface area (Å²) in [5, 5.41) is 0. The molecule has 0 aromatic heterocycles. The Morgan fingerprint density at radius 3 is 2.37 bits per heavy atom. The minimum atomic E-state index is -0.382. The number of rotatable bonds is 9. The Morgan fingerprint density at radius 1 is 1.16 bits per heavy atom. The van der Waals surface area contributed by atoms with E-state index in [0.717, 1.165) is 19.3 Å². The van der Waals surface area contributed by atoms with Crippen molar-refractivity contribution in [1.29, 1.82) is 0 Å². The van der Waals surface area contributed by atoms with E-state index in [2.05, 4.69) is 0 Å². The summed E-state index contributed by atoms with van der Waals surface area (Å²) in [4.78, 5) is 23.3. The Hall–Kier alpha value is -1.32. The van der Waals surface area contributed by atoms with E-state index in [-0.39, 0.29) is 24.5 Å². The normalized spacial score (nSPS) is 12.9. The van der Waals surface area contributed by atoms with Crippen LogP contribution in [0.2, 0.25) is 0 Å². The van der Waals surface area contributed by atoms with Crippen LogP contribution in [0.1, 0.15) is 53.4 Å². The second-order valence-electron chi connectivity index (χ2n) is 4.54. The quantitative estimate of drug-likeness (QED) is 0.366. The molecular formula is C15H26O4. The van der Waals surface area contributed by atoms with Gasteiger partial charge in [0.2, 0.25) is 0 Å². The average Bonchev–Trinajstić information content (AvgIpc) is 2.42. The number of allylic oxidation sites excluding steroid dienone is 1. The van der Waals surface area contributed by atoms with E-state index in [4.69, 9.17) is 9.47 Å². The molecule has 1 unspecified atom stereocenters. The van der Waals surface area contributed by atoms with Crippen molar-refractivity contribution in [1.82, 2.24) is 0 Å². The van der Waals surface area contributed by atoms with Gasteiger partial charge in [0.15, 0.2) is 0 Å². The molecule has 0 aromatic rings. The molecule has 4 nitrogen and oxygen atoms in total. The van der Waals surface area contributed by atoms with Crippen LogP contribution in [0.15, 0.2) is 11.6 Å². The second kappa shape index (κ2) is 10.6. The van der Waals surface area contributed by atoms with Crippen molar-refractivity contribution in [2.75, 3.05) is 13.2 Å². The fourth-order valence-corrected chi connectivity index (χ4v) is 1.31. The van der Waals surface area contributed by atoms with Crippen LogP contribution < -0.4 is 0 Å². The Bertz CT molecular complexity index is 307. The summed E-state index contributed by atoms with van der Waals surface area (Å²) < 4.78 is 10.2. The first kappa shape index (κ1) is 17.7. The Labute approximate surface area is 116 Å².